The van der Waals surface area contributed by atoms with Crippen LogP contribution in [-0.2, 0) is 10.6 Å². The highest BCUT2D eigenvalue weighted by Gasteiger charge is 2.06. The van der Waals surface area contributed by atoms with Crippen LogP contribution >= 0.6 is 11.6 Å². The van der Waals surface area contributed by atoms with Crippen LogP contribution in [0.25, 0.3) is 0 Å². The van der Waals surface area contributed by atoms with E-state index in [0.717, 1.165) is 5.56 Å². The predicted octanol–water partition coefficient (Wildman–Crippen LogP) is 1.94. The fourth-order valence-electron chi connectivity index (χ4n) is 0.893. The highest BCUT2D eigenvalue weighted by molar-refractivity contribution is 7.75. The Bertz CT molecular complexity index is 431. The van der Waals surface area contributed by atoms with Crippen LogP contribution in [0.15, 0.2) is 22.7 Å². The summed E-state index contributed by atoms with van der Waals surface area (Å²) in [6.07, 6.45) is 3.06. The molecule has 4 nitrogen and oxygen atoms in total. The van der Waals surface area contributed by atoms with Crippen LogP contribution in [0.1, 0.15) is 17.7 Å². The Morgan fingerprint density at radius 1 is 1.71 bits per heavy atom. The fourth-order valence-corrected chi connectivity index (χ4v) is 1.67. The molecule has 14 heavy (non-hydrogen) atoms. The Labute approximate surface area is 88.8 Å². The Morgan fingerprint density at radius 2 is 2.43 bits per heavy atom. The summed E-state index contributed by atoms with van der Waals surface area (Å²) in [5.74, 6) is 0. The first kappa shape index (κ1) is 11.0. The number of rotatable bonds is 2. The van der Waals surface area contributed by atoms with Gasteiger partial charge < -0.3 is 0 Å². The van der Waals surface area contributed by atoms with Gasteiger partial charge in [-0.3, -0.25) is 4.21 Å². The first-order valence-corrected chi connectivity index (χ1v) is 5.48. The quantitative estimate of drug-likeness (QED) is 0.479. The van der Waals surface area contributed by atoms with E-state index in [4.69, 9.17) is 16.9 Å². The maximum Gasteiger partial charge on any atom is 0.214 e. The third kappa shape index (κ3) is 2.69. The third-order valence-electron chi connectivity index (χ3n) is 1.71. The van der Waals surface area contributed by atoms with Gasteiger partial charge in [-0.2, -0.15) is 5.26 Å². The van der Waals surface area contributed by atoms with Gasteiger partial charge in [0.2, 0.25) is 6.19 Å². The highest BCUT2D eigenvalue weighted by Crippen LogP contribution is 2.17. The molecule has 0 saturated heterocycles. The lowest BCUT2D eigenvalue weighted by Gasteiger charge is -2.04. The minimum absolute atomic E-state index is 0.311. The molecule has 1 heterocycles. The van der Waals surface area contributed by atoms with Crippen molar-refractivity contribution in [2.45, 2.75) is 12.2 Å². The van der Waals surface area contributed by atoms with Crippen molar-refractivity contribution >= 4 is 22.2 Å². The largest absolute Gasteiger partial charge is 0.251 e. The molecule has 0 aliphatic rings. The van der Waals surface area contributed by atoms with Gasteiger partial charge in [0.15, 0.2) is 0 Å². The zero-order valence-corrected chi connectivity index (χ0v) is 9.03. The van der Waals surface area contributed by atoms with Gasteiger partial charge in [0.05, 0.1) is 15.8 Å². The molecule has 1 aromatic heterocycles. The second-order valence-corrected chi connectivity index (χ2v) is 4.56. The van der Waals surface area contributed by atoms with Crippen LogP contribution in [0, 0.1) is 11.5 Å². The normalized spacial score (nSPS) is 14.6. The molecule has 0 radical (unpaired) electrons. The molecule has 74 valence electrons. The highest BCUT2D eigenvalue weighted by atomic mass is 35.5. The van der Waals surface area contributed by atoms with E-state index in [-0.39, 0.29) is 5.25 Å². The summed E-state index contributed by atoms with van der Waals surface area (Å²) in [6, 6.07) is 3.34. The fraction of sp³-hybridized carbons (Fsp3) is 0.250. The second-order valence-electron chi connectivity index (χ2n) is 2.59. The summed E-state index contributed by atoms with van der Waals surface area (Å²) < 4.78 is 14.6. The number of aromatic nitrogens is 1. The first-order valence-electron chi connectivity index (χ1n) is 3.82. The summed E-state index contributed by atoms with van der Waals surface area (Å²) >= 11 is 5.60. The molecule has 0 aliphatic heterocycles. The van der Waals surface area contributed by atoms with Crippen LogP contribution in [0.4, 0.5) is 0 Å². The zero-order valence-electron chi connectivity index (χ0n) is 7.38. The predicted molar refractivity (Wildman–Crippen MR) is 55.2 cm³/mol. The molecular formula is C8H8ClN3OS. The summed E-state index contributed by atoms with van der Waals surface area (Å²) in [6.45, 7) is 1.73. The summed E-state index contributed by atoms with van der Waals surface area (Å²) in [5, 5.41) is 8.31. The van der Waals surface area contributed by atoms with Gasteiger partial charge in [0.1, 0.15) is 5.15 Å². The number of nitriles is 1. The number of hydrogen-bond donors (Lipinski definition) is 1. The van der Waals surface area contributed by atoms with Crippen molar-refractivity contribution in [3.05, 3.63) is 29.0 Å². The smallest absolute Gasteiger partial charge is 0.214 e. The van der Waals surface area contributed by atoms with Crippen molar-refractivity contribution in [3.63, 3.8) is 0 Å². The number of nitrogens with zero attached hydrogens (tertiary/aromatic N) is 3. The molecule has 1 aromatic rings. The molecule has 0 fully saturated rings. The van der Waals surface area contributed by atoms with Gasteiger partial charge in [-0.15, -0.1) is 4.36 Å². The maximum absolute atomic E-state index is 11.3. The topological polar surface area (TPSA) is 66.1 Å². The van der Waals surface area contributed by atoms with Gasteiger partial charge in [0, 0.05) is 6.20 Å². The van der Waals surface area contributed by atoms with Crippen molar-refractivity contribution in [1.82, 2.24) is 4.98 Å². The molecule has 0 bridgehead atoms. The van der Waals surface area contributed by atoms with Crippen LogP contribution < -0.4 is 0 Å². The van der Waals surface area contributed by atoms with Crippen molar-refractivity contribution in [3.8, 4) is 6.19 Å². The number of pyridine rings is 1. The van der Waals surface area contributed by atoms with E-state index in [2.05, 4.69) is 9.35 Å². The minimum Gasteiger partial charge on any atom is -0.251 e. The number of thiol groups is 1. The van der Waals surface area contributed by atoms with E-state index in [1.165, 1.54) is 12.4 Å². The molecule has 0 N–H and O–H groups in total. The SMILES string of the molecule is C[C@@H](c1ccc(Cl)nc1)/[SH](=O)=N\C#N. The van der Waals surface area contributed by atoms with Crippen LogP contribution in [0.3, 0.4) is 0 Å². The molecule has 0 amide bonds. The maximum atomic E-state index is 11.3. The van der Waals surface area contributed by atoms with E-state index in [1.54, 1.807) is 19.1 Å². The van der Waals surface area contributed by atoms with E-state index in [1.807, 2.05) is 0 Å². The van der Waals surface area contributed by atoms with Gasteiger partial charge in [0.25, 0.3) is 0 Å². The Morgan fingerprint density at radius 3 is 2.93 bits per heavy atom. The lowest BCUT2D eigenvalue weighted by Crippen LogP contribution is -1.95. The average molecular weight is 230 g/mol. The number of hydrogen-bond acceptors (Lipinski definition) is 4. The molecule has 0 saturated carbocycles. The standard InChI is InChI=1S/C8H8ClN3OS/c1-6(14(13)12-5-10)7-2-3-8(9)11-4-7/h2-4,6,14H,1H3/t6-/m0/s1. The van der Waals surface area contributed by atoms with Gasteiger partial charge >= 0.3 is 0 Å². The molecule has 0 aromatic carbocycles. The molecule has 0 spiro atoms. The molecule has 1 unspecified atom stereocenters. The Hall–Kier alpha value is -1.12. The molecule has 2 atom stereocenters. The summed E-state index contributed by atoms with van der Waals surface area (Å²) in [7, 11) is -1.90. The van der Waals surface area contributed by atoms with Crippen LogP contribution in [-0.4, -0.2) is 9.19 Å². The minimum atomic E-state index is -1.90. The van der Waals surface area contributed by atoms with E-state index in [9.17, 15) is 4.21 Å². The van der Waals surface area contributed by atoms with Crippen LogP contribution in [0.2, 0.25) is 5.15 Å². The molecule has 0 aliphatic carbocycles. The van der Waals surface area contributed by atoms with E-state index >= 15 is 0 Å². The zero-order chi connectivity index (χ0) is 10.6. The molecular weight excluding hydrogens is 222 g/mol. The lowest BCUT2D eigenvalue weighted by atomic mass is 10.2. The molecule has 1 rings (SSSR count). The van der Waals surface area contributed by atoms with E-state index in [0.29, 0.717) is 5.15 Å². The van der Waals surface area contributed by atoms with Crippen LogP contribution in [0.5, 0.6) is 0 Å². The van der Waals surface area contributed by atoms with Crippen molar-refractivity contribution in [2.75, 3.05) is 0 Å². The van der Waals surface area contributed by atoms with Crippen molar-refractivity contribution in [1.29, 1.82) is 5.26 Å². The number of halogens is 1. The second kappa shape index (κ2) is 4.94. The monoisotopic (exact) mass is 229 g/mol. The van der Waals surface area contributed by atoms with Crippen molar-refractivity contribution < 1.29 is 4.21 Å². The lowest BCUT2D eigenvalue weighted by molar-refractivity contribution is 0.682. The first-order chi connectivity index (χ1) is 6.65. The van der Waals surface area contributed by atoms with Crippen molar-refractivity contribution in [2.24, 2.45) is 4.36 Å². The average Bonchev–Trinajstić information content (AvgIpc) is 2.18. The van der Waals surface area contributed by atoms with E-state index < -0.39 is 10.6 Å². The third-order valence-corrected chi connectivity index (χ3v) is 3.18. The van der Waals surface area contributed by atoms with Gasteiger partial charge in [-0.1, -0.05) is 17.7 Å². The van der Waals surface area contributed by atoms with Gasteiger partial charge in [-0.25, -0.2) is 4.98 Å². The van der Waals surface area contributed by atoms with Gasteiger partial charge in [-0.05, 0) is 18.6 Å². The summed E-state index contributed by atoms with van der Waals surface area (Å²) in [4.78, 5) is 3.86. The molecule has 6 heteroatoms. The Balaban J connectivity index is 2.97. The Kier molecular flexibility index (Phi) is 3.86. The summed E-state index contributed by atoms with van der Waals surface area (Å²) in [5.41, 5.74) is 0.759.